The molecule has 0 spiro atoms. The molecule has 0 saturated carbocycles. The van der Waals surface area contributed by atoms with Gasteiger partial charge < -0.3 is 15.1 Å². The normalized spacial score (nSPS) is 16.9. The number of aryl methyl sites for hydroxylation is 1. The van der Waals surface area contributed by atoms with Crippen LogP contribution in [-0.2, 0) is 6.54 Å². The molecule has 2 amide bonds. The van der Waals surface area contributed by atoms with Gasteiger partial charge in [-0.25, -0.2) is 4.79 Å². The first kappa shape index (κ1) is 19.7. The van der Waals surface area contributed by atoms with Gasteiger partial charge in [0.05, 0.1) is 0 Å². The molecule has 0 aromatic heterocycles. The van der Waals surface area contributed by atoms with Crippen LogP contribution in [0, 0.1) is 6.92 Å². The van der Waals surface area contributed by atoms with Gasteiger partial charge in [-0.15, -0.1) is 0 Å². The molecule has 1 fully saturated rings. The molecule has 1 aromatic carbocycles. The van der Waals surface area contributed by atoms with E-state index in [2.05, 4.69) is 67.2 Å². The summed E-state index contributed by atoms with van der Waals surface area (Å²) in [6.45, 7) is 12.6. The maximum Gasteiger partial charge on any atom is 0.317 e. The summed E-state index contributed by atoms with van der Waals surface area (Å²) in [5.41, 5.74) is 2.66. The van der Waals surface area contributed by atoms with Gasteiger partial charge in [-0.05, 0) is 32.9 Å². The molecule has 1 aromatic rings. The van der Waals surface area contributed by atoms with E-state index >= 15 is 0 Å². The van der Waals surface area contributed by atoms with Gasteiger partial charge in [0.15, 0.2) is 0 Å². The molecule has 1 saturated heterocycles. The van der Waals surface area contributed by atoms with E-state index in [1.807, 2.05) is 4.90 Å². The highest BCUT2D eigenvalue weighted by Gasteiger charge is 2.21. The summed E-state index contributed by atoms with van der Waals surface area (Å²) in [7, 11) is 2.12. The van der Waals surface area contributed by atoms with Gasteiger partial charge in [0, 0.05) is 51.9 Å². The number of piperazine rings is 1. The molecule has 1 N–H and O–H groups in total. The number of benzene rings is 1. The number of hydrogen-bond acceptors (Lipinski definition) is 3. The number of urea groups is 1. The SMILES string of the molecule is CCC(C)N(C)CCNC(=O)N1CCN(Cc2cccc(C)c2)CC1. The lowest BCUT2D eigenvalue weighted by Crippen LogP contribution is -2.52. The summed E-state index contributed by atoms with van der Waals surface area (Å²) in [4.78, 5) is 19.0. The average Bonchev–Trinajstić information content (AvgIpc) is 2.61. The zero-order valence-electron chi connectivity index (χ0n) is 16.3. The smallest absolute Gasteiger partial charge is 0.317 e. The monoisotopic (exact) mass is 346 g/mol. The van der Waals surface area contributed by atoms with E-state index in [9.17, 15) is 4.79 Å². The van der Waals surface area contributed by atoms with Gasteiger partial charge in [-0.1, -0.05) is 36.8 Å². The molecule has 1 atom stereocenters. The third-order valence-electron chi connectivity index (χ3n) is 5.23. The minimum atomic E-state index is 0.0766. The molecule has 5 nitrogen and oxygen atoms in total. The van der Waals surface area contributed by atoms with Gasteiger partial charge in [0.1, 0.15) is 0 Å². The molecule has 1 heterocycles. The Bertz CT molecular complexity index is 540. The molecule has 1 aliphatic heterocycles. The summed E-state index contributed by atoms with van der Waals surface area (Å²) in [6.07, 6.45) is 1.13. The van der Waals surface area contributed by atoms with Crippen molar-refractivity contribution in [1.82, 2.24) is 20.0 Å². The van der Waals surface area contributed by atoms with E-state index < -0.39 is 0 Å². The first-order chi connectivity index (χ1) is 12.0. The van der Waals surface area contributed by atoms with E-state index in [1.54, 1.807) is 0 Å². The van der Waals surface area contributed by atoms with E-state index in [0.717, 1.165) is 45.7 Å². The standard InChI is InChI=1S/C20H34N4O/c1-5-18(3)22(4)10-9-21-20(25)24-13-11-23(12-14-24)16-19-8-6-7-17(2)15-19/h6-8,15,18H,5,9-14,16H2,1-4H3,(H,21,25). The topological polar surface area (TPSA) is 38.8 Å². The number of carbonyl (C=O) groups is 1. The number of nitrogens with one attached hydrogen (secondary N) is 1. The lowest BCUT2D eigenvalue weighted by Gasteiger charge is -2.35. The highest BCUT2D eigenvalue weighted by molar-refractivity contribution is 5.74. The Morgan fingerprint density at radius 1 is 1.28 bits per heavy atom. The van der Waals surface area contributed by atoms with Crippen LogP contribution in [0.1, 0.15) is 31.4 Å². The Kier molecular flexibility index (Phi) is 7.72. The van der Waals surface area contributed by atoms with Crippen molar-refractivity contribution in [3.8, 4) is 0 Å². The number of nitrogens with zero attached hydrogens (tertiary/aromatic N) is 3. The minimum absolute atomic E-state index is 0.0766. The van der Waals surface area contributed by atoms with Crippen molar-refractivity contribution in [3.63, 3.8) is 0 Å². The average molecular weight is 347 g/mol. The Balaban J connectivity index is 1.68. The fraction of sp³-hybridized carbons (Fsp3) is 0.650. The summed E-state index contributed by atoms with van der Waals surface area (Å²) < 4.78 is 0. The third-order valence-corrected chi connectivity index (χ3v) is 5.23. The quantitative estimate of drug-likeness (QED) is 0.825. The Labute approximate surface area is 153 Å². The van der Waals surface area contributed by atoms with E-state index in [0.29, 0.717) is 12.6 Å². The molecular weight excluding hydrogens is 312 g/mol. The van der Waals surface area contributed by atoms with Crippen molar-refractivity contribution in [2.75, 3.05) is 46.3 Å². The molecule has 0 aliphatic carbocycles. The predicted octanol–water partition coefficient (Wildman–Crippen LogP) is 2.55. The summed E-state index contributed by atoms with van der Waals surface area (Å²) in [5, 5.41) is 3.06. The number of likely N-dealkylation sites (N-methyl/N-ethyl adjacent to an activating group) is 1. The van der Waals surface area contributed by atoms with Crippen molar-refractivity contribution in [3.05, 3.63) is 35.4 Å². The Hall–Kier alpha value is -1.59. The maximum absolute atomic E-state index is 12.3. The molecule has 1 aliphatic rings. The summed E-state index contributed by atoms with van der Waals surface area (Å²) in [5.74, 6) is 0. The van der Waals surface area contributed by atoms with Crippen molar-refractivity contribution >= 4 is 6.03 Å². The van der Waals surface area contributed by atoms with Crippen LogP contribution in [0.4, 0.5) is 4.79 Å². The molecule has 5 heteroatoms. The van der Waals surface area contributed by atoms with E-state index in [-0.39, 0.29) is 6.03 Å². The molecule has 0 bridgehead atoms. The molecular formula is C20H34N4O. The number of hydrogen-bond donors (Lipinski definition) is 1. The van der Waals surface area contributed by atoms with Gasteiger partial charge >= 0.3 is 6.03 Å². The van der Waals surface area contributed by atoms with Crippen LogP contribution in [0.5, 0.6) is 0 Å². The molecule has 140 valence electrons. The van der Waals surface area contributed by atoms with Gasteiger partial charge in [-0.3, -0.25) is 4.90 Å². The van der Waals surface area contributed by atoms with Crippen LogP contribution in [0.3, 0.4) is 0 Å². The van der Waals surface area contributed by atoms with Crippen LogP contribution < -0.4 is 5.32 Å². The van der Waals surface area contributed by atoms with Crippen LogP contribution in [-0.4, -0.2) is 73.1 Å². The molecule has 2 rings (SSSR count). The largest absolute Gasteiger partial charge is 0.337 e. The Morgan fingerprint density at radius 2 is 2.00 bits per heavy atom. The van der Waals surface area contributed by atoms with Gasteiger partial charge in [0.25, 0.3) is 0 Å². The van der Waals surface area contributed by atoms with Crippen LogP contribution in [0.2, 0.25) is 0 Å². The fourth-order valence-electron chi connectivity index (χ4n) is 3.16. The van der Waals surface area contributed by atoms with Crippen LogP contribution >= 0.6 is 0 Å². The minimum Gasteiger partial charge on any atom is -0.337 e. The second kappa shape index (κ2) is 9.78. The lowest BCUT2D eigenvalue weighted by molar-refractivity contribution is 0.134. The number of carbonyl (C=O) groups excluding carboxylic acids is 1. The zero-order chi connectivity index (χ0) is 18.2. The molecule has 1 unspecified atom stereocenters. The number of rotatable bonds is 7. The second-order valence-corrected chi connectivity index (χ2v) is 7.22. The second-order valence-electron chi connectivity index (χ2n) is 7.22. The third kappa shape index (κ3) is 6.33. The highest BCUT2D eigenvalue weighted by atomic mass is 16.2. The summed E-state index contributed by atoms with van der Waals surface area (Å²) >= 11 is 0. The van der Waals surface area contributed by atoms with Gasteiger partial charge in [-0.2, -0.15) is 0 Å². The first-order valence-electron chi connectivity index (χ1n) is 9.50. The van der Waals surface area contributed by atoms with E-state index in [4.69, 9.17) is 0 Å². The van der Waals surface area contributed by atoms with Crippen molar-refractivity contribution in [2.45, 2.75) is 39.8 Å². The molecule has 0 radical (unpaired) electrons. The molecule has 25 heavy (non-hydrogen) atoms. The zero-order valence-corrected chi connectivity index (χ0v) is 16.3. The predicted molar refractivity (Wildman–Crippen MR) is 104 cm³/mol. The van der Waals surface area contributed by atoms with E-state index in [1.165, 1.54) is 11.1 Å². The summed E-state index contributed by atoms with van der Waals surface area (Å²) in [6, 6.07) is 9.30. The fourth-order valence-corrected chi connectivity index (χ4v) is 3.16. The van der Waals surface area contributed by atoms with Crippen LogP contribution in [0.15, 0.2) is 24.3 Å². The van der Waals surface area contributed by atoms with Crippen molar-refractivity contribution in [1.29, 1.82) is 0 Å². The van der Waals surface area contributed by atoms with Crippen molar-refractivity contribution in [2.24, 2.45) is 0 Å². The highest BCUT2D eigenvalue weighted by Crippen LogP contribution is 2.10. The lowest BCUT2D eigenvalue weighted by atomic mass is 10.1. The number of amides is 2. The Morgan fingerprint density at radius 3 is 2.64 bits per heavy atom. The first-order valence-corrected chi connectivity index (χ1v) is 9.50. The maximum atomic E-state index is 12.3. The van der Waals surface area contributed by atoms with Gasteiger partial charge in [0.2, 0.25) is 0 Å². The van der Waals surface area contributed by atoms with Crippen molar-refractivity contribution < 1.29 is 4.79 Å². The van der Waals surface area contributed by atoms with Crippen LogP contribution in [0.25, 0.3) is 0 Å².